The predicted octanol–water partition coefficient (Wildman–Crippen LogP) is 4.38. The van der Waals surface area contributed by atoms with E-state index < -0.39 is 0 Å². The third kappa shape index (κ3) is 4.20. The van der Waals surface area contributed by atoms with Gasteiger partial charge >= 0.3 is 0 Å². The van der Waals surface area contributed by atoms with Gasteiger partial charge in [-0.05, 0) is 34.9 Å². The van der Waals surface area contributed by atoms with Crippen molar-refractivity contribution in [2.45, 2.75) is 20.1 Å². The fraction of sp³-hybridized carbons (Fsp3) is 0.167. The molecule has 1 N–H and O–H groups in total. The van der Waals surface area contributed by atoms with Crippen molar-refractivity contribution in [1.82, 2.24) is 0 Å². The van der Waals surface area contributed by atoms with Crippen molar-refractivity contribution >= 4 is 23.2 Å². The smallest absolute Gasteiger partial charge is 0.253 e. The van der Waals surface area contributed by atoms with E-state index in [1.54, 1.807) is 4.90 Å². The van der Waals surface area contributed by atoms with Crippen molar-refractivity contribution in [2.75, 3.05) is 16.8 Å². The number of carbonyl (C=O) groups is 2. The number of anilines is 2. The summed E-state index contributed by atoms with van der Waals surface area (Å²) in [6, 6.07) is 23.6. The van der Waals surface area contributed by atoms with Gasteiger partial charge in [-0.3, -0.25) is 9.59 Å². The molecular formula is C24H22N2O3. The zero-order valence-corrected chi connectivity index (χ0v) is 16.2. The van der Waals surface area contributed by atoms with E-state index in [-0.39, 0.29) is 18.4 Å². The minimum absolute atomic E-state index is 0.0485. The first-order valence-corrected chi connectivity index (χ1v) is 9.54. The second kappa shape index (κ2) is 8.29. The van der Waals surface area contributed by atoms with Crippen LogP contribution in [0.15, 0.2) is 72.8 Å². The van der Waals surface area contributed by atoms with E-state index in [4.69, 9.17) is 4.74 Å². The maximum absolute atomic E-state index is 12.8. The average Bonchev–Trinajstić information content (AvgIpc) is 2.87. The number of hydrogen-bond donors (Lipinski definition) is 1. The summed E-state index contributed by atoms with van der Waals surface area (Å²) in [6.45, 7) is 2.38. The fourth-order valence-electron chi connectivity index (χ4n) is 3.61. The maximum atomic E-state index is 12.8. The second-order valence-corrected chi connectivity index (χ2v) is 7.02. The number of carbonyl (C=O) groups excluding carboxylic acids is 2. The Morgan fingerprint density at radius 1 is 1.00 bits per heavy atom. The number of ether oxygens (including phenoxy) is 1. The van der Waals surface area contributed by atoms with E-state index in [0.717, 1.165) is 33.6 Å². The Hall–Kier alpha value is -3.44. The van der Waals surface area contributed by atoms with Gasteiger partial charge in [-0.2, -0.15) is 0 Å². The van der Waals surface area contributed by atoms with E-state index in [9.17, 15) is 9.59 Å². The van der Waals surface area contributed by atoms with E-state index in [1.165, 1.54) is 6.92 Å². The van der Waals surface area contributed by atoms with Gasteiger partial charge in [-0.25, -0.2) is 0 Å². The molecule has 0 saturated heterocycles. The van der Waals surface area contributed by atoms with Crippen molar-refractivity contribution in [1.29, 1.82) is 0 Å². The second-order valence-electron chi connectivity index (χ2n) is 7.02. The van der Waals surface area contributed by atoms with Gasteiger partial charge in [0.1, 0.15) is 6.61 Å². The molecule has 0 fully saturated rings. The number of benzene rings is 3. The van der Waals surface area contributed by atoms with Gasteiger partial charge in [-0.15, -0.1) is 0 Å². The highest BCUT2D eigenvalue weighted by molar-refractivity contribution is 5.97. The van der Waals surface area contributed by atoms with Gasteiger partial charge in [-0.1, -0.05) is 54.6 Å². The van der Waals surface area contributed by atoms with Gasteiger partial charge in [0.05, 0.1) is 18.8 Å². The van der Waals surface area contributed by atoms with Crippen molar-refractivity contribution in [3.05, 3.63) is 83.9 Å². The molecule has 1 aliphatic rings. The van der Waals surface area contributed by atoms with Crippen LogP contribution >= 0.6 is 0 Å². The molecule has 3 aromatic carbocycles. The highest BCUT2D eigenvalue weighted by atomic mass is 16.5. The van der Waals surface area contributed by atoms with Crippen LogP contribution in [0.1, 0.15) is 18.1 Å². The largest absolute Gasteiger partial charge is 0.367 e. The van der Waals surface area contributed by atoms with Gasteiger partial charge in [0.15, 0.2) is 0 Å². The summed E-state index contributed by atoms with van der Waals surface area (Å²) in [7, 11) is 0. The number of hydrogen-bond acceptors (Lipinski definition) is 3. The molecule has 1 aliphatic heterocycles. The Morgan fingerprint density at radius 3 is 2.59 bits per heavy atom. The van der Waals surface area contributed by atoms with Gasteiger partial charge in [0.2, 0.25) is 5.91 Å². The topological polar surface area (TPSA) is 58.6 Å². The molecule has 0 radical (unpaired) electrons. The summed E-state index contributed by atoms with van der Waals surface area (Å²) in [4.78, 5) is 26.0. The molecule has 5 heteroatoms. The van der Waals surface area contributed by atoms with E-state index in [2.05, 4.69) is 5.32 Å². The lowest BCUT2D eigenvalue weighted by molar-refractivity contribution is -0.123. The van der Waals surface area contributed by atoms with Crippen molar-refractivity contribution in [3.63, 3.8) is 0 Å². The van der Waals surface area contributed by atoms with Crippen LogP contribution < -0.4 is 10.2 Å². The third-order valence-electron chi connectivity index (χ3n) is 4.89. The highest BCUT2D eigenvalue weighted by Gasteiger charge is 2.25. The SMILES string of the molecule is CC(=O)Nc1cccc(-c2cccc3c2COCC(=O)N3Cc2ccccc2)c1. The van der Waals surface area contributed by atoms with Crippen LogP contribution in [-0.2, 0) is 27.5 Å². The van der Waals surface area contributed by atoms with Gasteiger partial charge in [0.25, 0.3) is 5.91 Å². The number of fused-ring (bicyclic) bond motifs is 1. The molecule has 146 valence electrons. The third-order valence-corrected chi connectivity index (χ3v) is 4.89. The lowest BCUT2D eigenvalue weighted by Crippen LogP contribution is -2.32. The number of nitrogens with zero attached hydrogens (tertiary/aromatic N) is 1. The normalized spacial score (nSPS) is 13.6. The zero-order valence-electron chi connectivity index (χ0n) is 16.2. The lowest BCUT2D eigenvalue weighted by Gasteiger charge is -2.24. The molecule has 0 saturated carbocycles. The van der Waals surface area contributed by atoms with E-state index in [1.807, 2.05) is 72.8 Å². The summed E-state index contributed by atoms with van der Waals surface area (Å²) >= 11 is 0. The van der Waals surface area contributed by atoms with Crippen LogP contribution in [0.25, 0.3) is 11.1 Å². The summed E-state index contributed by atoms with van der Waals surface area (Å²) in [5, 5.41) is 2.82. The van der Waals surface area contributed by atoms with Gasteiger partial charge < -0.3 is 15.0 Å². The summed E-state index contributed by atoms with van der Waals surface area (Å²) in [6.07, 6.45) is 0. The average molecular weight is 386 g/mol. The summed E-state index contributed by atoms with van der Waals surface area (Å²) in [5.41, 5.74) is 5.58. The quantitative estimate of drug-likeness (QED) is 0.724. The van der Waals surface area contributed by atoms with Crippen LogP contribution in [-0.4, -0.2) is 18.4 Å². The van der Waals surface area contributed by atoms with Crippen molar-refractivity contribution in [3.8, 4) is 11.1 Å². The number of rotatable bonds is 4. The Labute approximate surface area is 169 Å². The Bertz CT molecular complexity index is 1050. The van der Waals surface area contributed by atoms with Crippen LogP contribution in [0, 0.1) is 0 Å². The molecular weight excluding hydrogens is 364 g/mol. The lowest BCUT2D eigenvalue weighted by atomic mass is 9.97. The highest BCUT2D eigenvalue weighted by Crippen LogP contribution is 2.35. The molecule has 0 bridgehead atoms. The van der Waals surface area contributed by atoms with E-state index in [0.29, 0.717) is 13.2 Å². The molecule has 2 amide bonds. The summed E-state index contributed by atoms with van der Waals surface area (Å²) in [5.74, 6) is -0.172. The first kappa shape index (κ1) is 18.9. The molecule has 1 heterocycles. The first-order chi connectivity index (χ1) is 14.1. The molecule has 0 aromatic heterocycles. The molecule has 0 aliphatic carbocycles. The Balaban J connectivity index is 1.76. The van der Waals surface area contributed by atoms with Crippen LogP contribution in [0.2, 0.25) is 0 Å². The molecule has 0 spiro atoms. The molecule has 4 rings (SSSR count). The van der Waals surface area contributed by atoms with E-state index >= 15 is 0 Å². The molecule has 5 nitrogen and oxygen atoms in total. The standard InChI is InChI=1S/C24H22N2O3/c1-17(27)25-20-10-5-9-19(13-20)21-11-6-12-23-22(21)15-29-16-24(28)26(23)14-18-7-3-2-4-8-18/h2-13H,14-16H2,1H3,(H,25,27). The summed E-state index contributed by atoms with van der Waals surface area (Å²) < 4.78 is 5.70. The fourth-order valence-corrected chi connectivity index (χ4v) is 3.61. The van der Waals surface area contributed by atoms with Crippen LogP contribution in [0.3, 0.4) is 0 Å². The predicted molar refractivity (Wildman–Crippen MR) is 113 cm³/mol. The Morgan fingerprint density at radius 2 is 1.79 bits per heavy atom. The Kier molecular flexibility index (Phi) is 5.40. The van der Waals surface area contributed by atoms with Crippen LogP contribution in [0.5, 0.6) is 0 Å². The number of amides is 2. The van der Waals surface area contributed by atoms with Crippen molar-refractivity contribution < 1.29 is 14.3 Å². The number of nitrogens with one attached hydrogen (secondary N) is 1. The van der Waals surface area contributed by atoms with Crippen molar-refractivity contribution in [2.24, 2.45) is 0 Å². The monoisotopic (exact) mass is 386 g/mol. The minimum atomic E-state index is -0.114. The molecule has 0 atom stereocenters. The zero-order chi connectivity index (χ0) is 20.2. The molecule has 3 aromatic rings. The molecule has 29 heavy (non-hydrogen) atoms. The maximum Gasteiger partial charge on any atom is 0.253 e. The molecule has 0 unspecified atom stereocenters. The van der Waals surface area contributed by atoms with Gasteiger partial charge in [0, 0.05) is 18.2 Å². The van der Waals surface area contributed by atoms with Crippen LogP contribution in [0.4, 0.5) is 11.4 Å². The minimum Gasteiger partial charge on any atom is -0.367 e. The first-order valence-electron chi connectivity index (χ1n) is 9.54.